The molecule has 0 bridgehead atoms. The Morgan fingerprint density at radius 3 is 3.07 bits per heavy atom. The molecule has 0 amide bonds. The van der Waals surface area contributed by atoms with Crippen LogP contribution in [-0.4, -0.2) is 18.1 Å². The normalized spacial score (nSPS) is 18.1. The van der Waals surface area contributed by atoms with E-state index in [-0.39, 0.29) is 0 Å². The number of rotatable bonds is 0. The highest BCUT2D eigenvalue weighted by atomic mass is 14.9. The number of hydrogen-bond donors (Lipinski definition) is 2. The second-order valence-electron chi connectivity index (χ2n) is 3.92. The van der Waals surface area contributed by atoms with Crippen molar-refractivity contribution in [1.82, 2.24) is 10.3 Å². The fourth-order valence-electron chi connectivity index (χ4n) is 2.18. The summed E-state index contributed by atoms with van der Waals surface area (Å²) in [7, 11) is 0. The maximum Gasteiger partial charge on any atom is 0.0462 e. The predicted molar refractivity (Wildman–Crippen MR) is 63.9 cm³/mol. The Morgan fingerprint density at radius 2 is 2.07 bits per heavy atom. The Kier molecular flexibility index (Phi) is 2.07. The number of benzene rings is 1. The molecule has 0 spiro atoms. The van der Waals surface area contributed by atoms with Crippen molar-refractivity contribution in [2.75, 3.05) is 13.1 Å². The van der Waals surface area contributed by atoms with E-state index in [0.29, 0.717) is 0 Å². The Hall–Kier alpha value is -1.54. The molecule has 2 heteroatoms. The molecule has 0 atom stereocenters. The number of aromatic amines is 1. The van der Waals surface area contributed by atoms with Crippen LogP contribution in [0.3, 0.4) is 0 Å². The van der Waals surface area contributed by atoms with Gasteiger partial charge in [0.2, 0.25) is 0 Å². The summed E-state index contributed by atoms with van der Waals surface area (Å²) in [5.74, 6) is 0. The van der Waals surface area contributed by atoms with Crippen molar-refractivity contribution in [2.45, 2.75) is 6.42 Å². The molecule has 2 heterocycles. The minimum absolute atomic E-state index is 0.971. The third kappa shape index (κ3) is 1.47. The molecule has 2 aromatic rings. The molecule has 3 rings (SSSR count). The molecular weight excluding hydrogens is 184 g/mol. The zero-order chi connectivity index (χ0) is 10.1. The van der Waals surface area contributed by atoms with Crippen molar-refractivity contribution in [1.29, 1.82) is 0 Å². The maximum atomic E-state index is 3.49. The lowest BCUT2D eigenvalue weighted by Crippen LogP contribution is -2.18. The molecule has 0 saturated heterocycles. The van der Waals surface area contributed by atoms with Crippen molar-refractivity contribution in [3.05, 3.63) is 41.6 Å². The van der Waals surface area contributed by atoms with Crippen molar-refractivity contribution in [3.63, 3.8) is 0 Å². The summed E-state index contributed by atoms with van der Waals surface area (Å²) in [4.78, 5) is 3.49. The van der Waals surface area contributed by atoms with Crippen LogP contribution >= 0.6 is 0 Å². The Labute approximate surface area is 89.0 Å². The van der Waals surface area contributed by atoms with Crippen LogP contribution < -0.4 is 5.32 Å². The summed E-state index contributed by atoms with van der Waals surface area (Å²) in [5, 5.41) is 4.70. The summed E-state index contributed by atoms with van der Waals surface area (Å²) >= 11 is 0. The molecule has 76 valence electrons. The lowest BCUT2D eigenvalue weighted by Gasteiger charge is -2.05. The molecule has 15 heavy (non-hydrogen) atoms. The largest absolute Gasteiger partial charge is 0.358 e. The molecule has 2 nitrogen and oxygen atoms in total. The molecule has 1 aliphatic heterocycles. The van der Waals surface area contributed by atoms with E-state index < -0.39 is 0 Å². The van der Waals surface area contributed by atoms with Crippen LogP contribution in [0.1, 0.15) is 11.3 Å². The summed E-state index contributed by atoms with van der Waals surface area (Å²) in [6, 6.07) is 8.50. The first-order chi connectivity index (χ1) is 7.45. The Balaban J connectivity index is 2.25. The molecular formula is C13H14N2. The van der Waals surface area contributed by atoms with Gasteiger partial charge in [0.1, 0.15) is 0 Å². The first-order valence-corrected chi connectivity index (χ1v) is 5.42. The van der Waals surface area contributed by atoms with Crippen LogP contribution in [0.5, 0.6) is 0 Å². The fraction of sp³-hybridized carbons (Fsp3) is 0.231. The van der Waals surface area contributed by atoms with Gasteiger partial charge >= 0.3 is 0 Å². The minimum atomic E-state index is 0.971. The summed E-state index contributed by atoms with van der Waals surface area (Å²) in [5.41, 5.74) is 3.96. The highest BCUT2D eigenvalue weighted by molar-refractivity contribution is 5.90. The second-order valence-corrected chi connectivity index (χ2v) is 3.92. The van der Waals surface area contributed by atoms with Gasteiger partial charge in [0.05, 0.1) is 0 Å². The molecule has 1 aromatic carbocycles. The second kappa shape index (κ2) is 3.55. The number of fused-ring (bicyclic) bond motifs is 3. The van der Waals surface area contributed by atoms with Crippen LogP contribution in [0.2, 0.25) is 0 Å². The zero-order valence-corrected chi connectivity index (χ0v) is 8.59. The maximum absolute atomic E-state index is 3.49. The van der Waals surface area contributed by atoms with Gasteiger partial charge in [-0.15, -0.1) is 0 Å². The SMILES string of the molecule is C1=C\c2c([nH]c3ccccc23)CCNC/1. The van der Waals surface area contributed by atoms with Gasteiger partial charge < -0.3 is 10.3 Å². The zero-order valence-electron chi connectivity index (χ0n) is 8.59. The first kappa shape index (κ1) is 8.74. The van der Waals surface area contributed by atoms with Crippen LogP contribution in [-0.2, 0) is 6.42 Å². The number of nitrogens with one attached hydrogen (secondary N) is 2. The smallest absolute Gasteiger partial charge is 0.0462 e. The van der Waals surface area contributed by atoms with Crippen LogP contribution in [0, 0.1) is 0 Å². The highest BCUT2D eigenvalue weighted by Crippen LogP contribution is 2.24. The first-order valence-electron chi connectivity index (χ1n) is 5.42. The average molecular weight is 198 g/mol. The quantitative estimate of drug-likeness (QED) is 0.668. The predicted octanol–water partition coefficient (Wildman–Crippen LogP) is 2.33. The van der Waals surface area contributed by atoms with E-state index >= 15 is 0 Å². The molecule has 0 saturated carbocycles. The Morgan fingerprint density at radius 1 is 1.13 bits per heavy atom. The van der Waals surface area contributed by atoms with Gasteiger partial charge in [0.15, 0.2) is 0 Å². The molecule has 2 N–H and O–H groups in total. The topological polar surface area (TPSA) is 27.8 Å². The monoisotopic (exact) mass is 198 g/mol. The third-order valence-electron chi connectivity index (χ3n) is 2.93. The average Bonchev–Trinajstić information content (AvgIpc) is 2.55. The van der Waals surface area contributed by atoms with Gasteiger partial charge in [-0.05, 0) is 6.07 Å². The van der Waals surface area contributed by atoms with E-state index in [1.165, 1.54) is 22.2 Å². The number of hydrogen-bond acceptors (Lipinski definition) is 1. The van der Waals surface area contributed by atoms with Crippen molar-refractivity contribution >= 4 is 17.0 Å². The van der Waals surface area contributed by atoms with Crippen LogP contribution in [0.4, 0.5) is 0 Å². The lowest BCUT2D eigenvalue weighted by atomic mass is 10.1. The minimum Gasteiger partial charge on any atom is -0.358 e. The molecule has 1 aromatic heterocycles. The van der Waals surface area contributed by atoms with Gasteiger partial charge in [-0.2, -0.15) is 0 Å². The van der Waals surface area contributed by atoms with E-state index in [9.17, 15) is 0 Å². The van der Waals surface area contributed by atoms with Crippen molar-refractivity contribution in [2.24, 2.45) is 0 Å². The van der Waals surface area contributed by atoms with Gasteiger partial charge in [-0.1, -0.05) is 30.4 Å². The van der Waals surface area contributed by atoms with Gasteiger partial charge in [-0.3, -0.25) is 0 Å². The number of para-hydroxylation sites is 1. The molecule has 0 fully saturated rings. The van der Waals surface area contributed by atoms with Crippen molar-refractivity contribution in [3.8, 4) is 0 Å². The van der Waals surface area contributed by atoms with E-state index in [2.05, 4.69) is 46.7 Å². The van der Waals surface area contributed by atoms with E-state index in [0.717, 1.165) is 19.5 Å². The lowest BCUT2D eigenvalue weighted by molar-refractivity contribution is 0.733. The van der Waals surface area contributed by atoms with Crippen LogP contribution in [0.25, 0.3) is 17.0 Å². The fourth-order valence-corrected chi connectivity index (χ4v) is 2.18. The van der Waals surface area contributed by atoms with Gasteiger partial charge in [-0.25, -0.2) is 0 Å². The van der Waals surface area contributed by atoms with Crippen LogP contribution in [0.15, 0.2) is 30.3 Å². The number of H-pyrrole nitrogens is 1. The van der Waals surface area contributed by atoms with Gasteiger partial charge in [0.25, 0.3) is 0 Å². The van der Waals surface area contributed by atoms with E-state index in [1.54, 1.807) is 0 Å². The Bertz CT molecular complexity index is 508. The van der Waals surface area contributed by atoms with E-state index in [1.807, 2.05) is 0 Å². The summed E-state index contributed by atoms with van der Waals surface area (Å²) in [6.45, 7) is 2.02. The third-order valence-corrected chi connectivity index (χ3v) is 2.93. The standard InChI is InChI=1S/C13H14N2/c1-2-6-12-10(4-1)11-5-3-8-14-9-7-13(11)15-12/h1-6,14-15H,7-9H2/b5-3-. The molecule has 1 aliphatic rings. The summed E-state index contributed by atoms with van der Waals surface area (Å²) < 4.78 is 0. The van der Waals surface area contributed by atoms with E-state index in [4.69, 9.17) is 0 Å². The molecule has 0 radical (unpaired) electrons. The highest BCUT2D eigenvalue weighted by Gasteiger charge is 2.09. The number of aromatic nitrogens is 1. The van der Waals surface area contributed by atoms with Crippen molar-refractivity contribution < 1.29 is 0 Å². The molecule has 0 unspecified atom stereocenters. The van der Waals surface area contributed by atoms with Gasteiger partial charge in [0, 0.05) is 41.7 Å². The molecule has 0 aliphatic carbocycles. The summed E-state index contributed by atoms with van der Waals surface area (Å²) in [6.07, 6.45) is 5.49.